The summed E-state index contributed by atoms with van der Waals surface area (Å²) < 4.78 is 34.4. The van der Waals surface area contributed by atoms with E-state index in [-0.39, 0.29) is 32.2 Å². The van der Waals surface area contributed by atoms with Crippen LogP contribution in [0.3, 0.4) is 0 Å². The number of hydrogen-bond donors (Lipinski definition) is 0. The zero-order valence-corrected chi connectivity index (χ0v) is 36.0. The highest BCUT2D eigenvalue weighted by Gasteiger charge is 2.20. The molecule has 0 bridgehead atoms. The summed E-state index contributed by atoms with van der Waals surface area (Å²) >= 11 is 0. The summed E-state index contributed by atoms with van der Waals surface area (Å²) in [6.45, 7) is 5.09. The molecule has 0 rings (SSSR count). The Morgan fingerprint density at radius 3 is 1.61 bits per heavy atom. The minimum Gasteiger partial charge on any atom is -0.756 e. The van der Waals surface area contributed by atoms with Crippen molar-refractivity contribution < 1.29 is 37.3 Å². The highest BCUT2D eigenvalue weighted by atomic mass is 31.2. The van der Waals surface area contributed by atoms with Crippen LogP contribution in [0.2, 0.25) is 0 Å². The number of phosphoric ester groups is 1. The molecule has 2 unspecified atom stereocenters. The van der Waals surface area contributed by atoms with Crippen molar-refractivity contribution in [2.24, 2.45) is 0 Å². The molecule has 54 heavy (non-hydrogen) atoms. The van der Waals surface area contributed by atoms with Crippen LogP contribution in [0.4, 0.5) is 0 Å². The Morgan fingerprint density at radius 1 is 0.593 bits per heavy atom. The molecule has 0 saturated carbocycles. The van der Waals surface area contributed by atoms with E-state index >= 15 is 0 Å². The maximum atomic E-state index is 12.7. The number of likely N-dealkylation sites (N-methyl/N-ethyl adjacent to an activating group) is 1. The topological polar surface area (TPSA) is 94.1 Å². The monoisotopic (exact) mass is 778 g/mol. The summed E-state index contributed by atoms with van der Waals surface area (Å²) in [4.78, 5) is 25.0. The molecule has 0 aromatic rings. The lowest BCUT2D eigenvalue weighted by molar-refractivity contribution is -0.870. The summed E-state index contributed by atoms with van der Waals surface area (Å²) in [6, 6.07) is 0. The van der Waals surface area contributed by atoms with E-state index in [0.29, 0.717) is 17.6 Å². The second-order valence-electron chi connectivity index (χ2n) is 15.0. The molecule has 0 aromatic heterocycles. The van der Waals surface area contributed by atoms with E-state index < -0.39 is 13.9 Å². The second kappa shape index (κ2) is 37.8. The van der Waals surface area contributed by atoms with Gasteiger partial charge in [0.2, 0.25) is 0 Å². The highest BCUT2D eigenvalue weighted by Crippen LogP contribution is 2.38. The largest absolute Gasteiger partial charge is 0.756 e. The van der Waals surface area contributed by atoms with Gasteiger partial charge < -0.3 is 27.9 Å². The minimum absolute atomic E-state index is 0.0107. The first-order valence-corrected chi connectivity index (χ1v) is 22.6. The third kappa shape index (κ3) is 41.1. The SMILES string of the molecule is CC/C=C\C/C=C\C/C=C\C/C=C\CCCOCC(COP(=O)([O-])OCC[N+](C)(C)C)OC(=O)CCCCCCCCC/C=C\C/C=C\CCCCCC. The zero-order chi connectivity index (χ0) is 39.9. The van der Waals surface area contributed by atoms with Crippen molar-refractivity contribution >= 4 is 13.8 Å². The summed E-state index contributed by atoms with van der Waals surface area (Å²) in [5.74, 6) is -0.364. The molecule has 0 aliphatic carbocycles. The van der Waals surface area contributed by atoms with Gasteiger partial charge in [-0.15, -0.1) is 0 Å². The molecule has 0 N–H and O–H groups in total. The number of esters is 1. The fraction of sp³-hybridized carbons (Fsp3) is 0.711. The van der Waals surface area contributed by atoms with Gasteiger partial charge in [0, 0.05) is 13.0 Å². The molecule has 0 spiro atoms. The fourth-order valence-corrected chi connectivity index (χ4v) is 5.95. The van der Waals surface area contributed by atoms with Crippen molar-refractivity contribution in [1.82, 2.24) is 0 Å². The van der Waals surface area contributed by atoms with Crippen molar-refractivity contribution in [2.75, 3.05) is 54.1 Å². The van der Waals surface area contributed by atoms with Crippen molar-refractivity contribution in [3.05, 3.63) is 72.9 Å². The quantitative estimate of drug-likeness (QED) is 0.0202. The predicted octanol–water partition coefficient (Wildman–Crippen LogP) is 11.7. The number of hydrogen-bond acceptors (Lipinski definition) is 7. The Hall–Kier alpha value is -2.06. The number of rotatable bonds is 38. The number of allylic oxidation sites excluding steroid dienone is 12. The number of carbonyl (C=O) groups is 1. The summed E-state index contributed by atoms with van der Waals surface area (Å²) in [7, 11) is 1.30. The first-order chi connectivity index (χ1) is 26.1. The molecule has 0 aromatic carbocycles. The van der Waals surface area contributed by atoms with E-state index in [1.165, 1.54) is 51.4 Å². The van der Waals surface area contributed by atoms with Gasteiger partial charge >= 0.3 is 5.97 Å². The number of carbonyl (C=O) groups excluding carboxylic acids is 1. The van der Waals surface area contributed by atoms with Crippen LogP contribution in [0.1, 0.15) is 149 Å². The smallest absolute Gasteiger partial charge is 0.306 e. The Bertz CT molecular complexity index is 1090. The molecule has 0 aliphatic rings. The third-order valence-corrected chi connectivity index (χ3v) is 9.46. The van der Waals surface area contributed by atoms with Gasteiger partial charge in [-0.25, -0.2) is 0 Å². The Kier molecular flexibility index (Phi) is 36.4. The van der Waals surface area contributed by atoms with Gasteiger partial charge in [-0.05, 0) is 77.0 Å². The average Bonchev–Trinajstić information content (AvgIpc) is 3.12. The molecule has 312 valence electrons. The number of ether oxygens (including phenoxy) is 2. The molecule has 0 aliphatic heterocycles. The van der Waals surface area contributed by atoms with E-state index in [4.69, 9.17) is 18.5 Å². The first kappa shape index (κ1) is 51.9. The average molecular weight is 778 g/mol. The lowest BCUT2D eigenvalue weighted by atomic mass is 10.1. The standard InChI is InChI=1S/C45H80NO7P/c1-6-8-10-12-14-16-18-20-22-23-24-25-26-28-30-32-34-36-38-45(47)53-44(43-52-54(48,49)51-41-39-46(3,4)5)42-50-40-37-35-33-31-29-27-21-19-17-15-13-11-9-7-2/h9,11,15-18,21-23,27,31,33,44H,6-8,10,12-14,19-20,24-26,28-30,32,34-43H2,1-5H3/b11-9-,17-15-,18-16-,23-22-,27-21-,33-31-. The summed E-state index contributed by atoms with van der Waals surface area (Å²) in [5, 5.41) is 0. The first-order valence-electron chi connectivity index (χ1n) is 21.2. The molecule has 2 atom stereocenters. The van der Waals surface area contributed by atoms with Gasteiger partial charge in [-0.3, -0.25) is 9.36 Å². The van der Waals surface area contributed by atoms with Gasteiger partial charge in [0.15, 0.2) is 0 Å². The van der Waals surface area contributed by atoms with Crippen LogP contribution in [0, 0.1) is 0 Å². The third-order valence-electron chi connectivity index (χ3n) is 8.49. The molecule has 0 fully saturated rings. The van der Waals surface area contributed by atoms with Crippen LogP contribution < -0.4 is 4.89 Å². The molecule has 0 amide bonds. The van der Waals surface area contributed by atoms with Crippen molar-refractivity contribution in [2.45, 2.75) is 155 Å². The van der Waals surface area contributed by atoms with Gasteiger partial charge in [0.1, 0.15) is 19.3 Å². The van der Waals surface area contributed by atoms with Gasteiger partial charge in [0.05, 0.1) is 34.4 Å². The van der Waals surface area contributed by atoms with Crippen LogP contribution in [0.5, 0.6) is 0 Å². The molecule has 8 nitrogen and oxygen atoms in total. The Morgan fingerprint density at radius 2 is 1.07 bits per heavy atom. The van der Waals surface area contributed by atoms with Crippen LogP contribution in [-0.2, 0) is 27.9 Å². The lowest BCUT2D eigenvalue weighted by Gasteiger charge is -2.28. The van der Waals surface area contributed by atoms with E-state index in [1.807, 2.05) is 21.1 Å². The maximum Gasteiger partial charge on any atom is 0.306 e. The minimum atomic E-state index is -4.54. The molecule has 9 heteroatoms. The van der Waals surface area contributed by atoms with Crippen LogP contribution in [-0.4, -0.2) is 70.7 Å². The van der Waals surface area contributed by atoms with Gasteiger partial charge in [-0.2, -0.15) is 0 Å². The number of quaternary nitrogens is 1. The Balaban J connectivity index is 4.35. The van der Waals surface area contributed by atoms with Crippen molar-refractivity contribution in [3.63, 3.8) is 0 Å². The molecule has 0 heterocycles. The van der Waals surface area contributed by atoms with E-state index in [1.54, 1.807) is 0 Å². The van der Waals surface area contributed by atoms with E-state index in [9.17, 15) is 14.3 Å². The normalized spacial score (nSPS) is 14.6. The lowest BCUT2D eigenvalue weighted by Crippen LogP contribution is -2.37. The molecule has 0 radical (unpaired) electrons. The summed E-state index contributed by atoms with van der Waals surface area (Å²) in [5.41, 5.74) is 0. The van der Waals surface area contributed by atoms with Crippen molar-refractivity contribution in [3.8, 4) is 0 Å². The maximum absolute atomic E-state index is 12.7. The number of nitrogens with zero attached hydrogens (tertiary/aromatic N) is 1. The zero-order valence-electron chi connectivity index (χ0n) is 35.1. The Labute approximate surface area is 332 Å². The van der Waals surface area contributed by atoms with E-state index in [2.05, 4.69) is 86.8 Å². The molecule has 0 saturated heterocycles. The van der Waals surface area contributed by atoms with Crippen molar-refractivity contribution in [1.29, 1.82) is 0 Å². The van der Waals surface area contributed by atoms with Gasteiger partial charge in [-0.1, -0.05) is 138 Å². The predicted molar refractivity (Wildman–Crippen MR) is 226 cm³/mol. The number of phosphoric acid groups is 1. The number of unbranched alkanes of at least 4 members (excludes halogenated alkanes) is 12. The second-order valence-corrected chi connectivity index (χ2v) is 16.4. The molecular weight excluding hydrogens is 697 g/mol. The highest BCUT2D eigenvalue weighted by molar-refractivity contribution is 7.45. The fourth-order valence-electron chi connectivity index (χ4n) is 5.23. The van der Waals surface area contributed by atoms with E-state index in [0.717, 1.165) is 77.0 Å². The van der Waals surface area contributed by atoms with Crippen LogP contribution in [0.15, 0.2) is 72.9 Å². The van der Waals surface area contributed by atoms with Crippen LogP contribution in [0.25, 0.3) is 0 Å². The van der Waals surface area contributed by atoms with Crippen LogP contribution >= 0.6 is 7.82 Å². The van der Waals surface area contributed by atoms with Gasteiger partial charge in [0.25, 0.3) is 7.82 Å². The summed E-state index contributed by atoms with van der Waals surface area (Å²) in [6.07, 6.45) is 47.8. The molecular formula is C45H80NO7P.